The van der Waals surface area contributed by atoms with Gasteiger partial charge < -0.3 is 10.2 Å². The van der Waals surface area contributed by atoms with Crippen LogP contribution in [0.3, 0.4) is 0 Å². The van der Waals surface area contributed by atoms with Crippen molar-refractivity contribution in [3.63, 3.8) is 0 Å². The topological polar surface area (TPSA) is 66.5 Å². The number of amides is 1. The number of benzene rings is 2. The van der Waals surface area contributed by atoms with Crippen LogP contribution in [0.5, 0.6) is 0 Å². The van der Waals surface area contributed by atoms with Gasteiger partial charge in [0.15, 0.2) is 9.84 Å². The molecule has 1 amide bonds. The highest BCUT2D eigenvalue weighted by Gasteiger charge is 2.19. The van der Waals surface area contributed by atoms with Crippen LogP contribution in [0, 0.1) is 0 Å². The molecule has 0 fully saturated rings. The first kappa shape index (κ1) is 18.3. The summed E-state index contributed by atoms with van der Waals surface area (Å²) >= 11 is 5.91. The summed E-state index contributed by atoms with van der Waals surface area (Å²) in [6, 6.07) is 13.5. The third-order valence-electron chi connectivity index (χ3n) is 3.44. The molecule has 0 bridgehead atoms. The highest BCUT2D eigenvalue weighted by Crippen LogP contribution is 2.22. The van der Waals surface area contributed by atoms with Gasteiger partial charge in [-0.3, -0.25) is 4.79 Å². The molecule has 7 heteroatoms. The van der Waals surface area contributed by atoms with Crippen LogP contribution in [0.4, 0.5) is 11.4 Å². The molecule has 0 aliphatic rings. The molecule has 0 radical (unpaired) electrons. The molecular weight excluding hydrogens is 348 g/mol. The minimum Gasteiger partial charge on any atom is -0.378 e. The second-order valence-electron chi connectivity index (χ2n) is 5.49. The molecule has 2 rings (SSSR count). The van der Waals surface area contributed by atoms with E-state index in [2.05, 4.69) is 5.32 Å². The maximum absolute atomic E-state index is 12.3. The van der Waals surface area contributed by atoms with Gasteiger partial charge in [0.05, 0.1) is 15.7 Å². The number of carbonyl (C=O) groups is 1. The number of nitrogens with one attached hydrogen (secondary N) is 1. The molecule has 0 unspecified atom stereocenters. The third kappa shape index (κ3) is 4.72. The molecule has 0 aromatic heterocycles. The molecule has 0 saturated carbocycles. The first-order chi connectivity index (χ1) is 11.3. The summed E-state index contributed by atoms with van der Waals surface area (Å²) in [6.45, 7) is 0. The Morgan fingerprint density at radius 3 is 2.29 bits per heavy atom. The Balaban J connectivity index is 1.97. The first-order valence-electron chi connectivity index (χ1n) is 7.34. The molecule has 0 spiro atoms. The summed E-state index contributed by atoms with van der Waals surface area (Å²) in [5.74, 6) is -0.651. The van der Waals surface area contributed by atoms with Crippen molar-refractivity contribution in [1.82, 2.24) is 0 Å². The SMILES string of the molecule is CN(C)c1ccc(NC(=O)CCS(=O)(=O)c2ccccc2Cl)cc1. The molecule has 5 nitrogen and oxygen atoms in total. The number of hydrogen-bond acceptors (Lipinski definition) is 4. The van der Waals surface area contributed by atoms with Gasteiger partial charge in [0.1, 0.15) is 0 Å². The van der Waals surface area contributed by atoms with Gasteiger partial charge in [0.2, 0.25) is 5.91 Å². The van der Waals surface area contributed by atoms with Crippen LogP contribution in [0.2, 0.25) is 5.02 Å². The lowest BCUT2D eigenvalue weighted by molar-refractivity contribution is -0.115. The van der Waals surface area contributed by atoms with Gasteiger partial charge in [0.25, 0.3) is 0 Å². The van der Waals surface area contributed by atoms with Crippen molar-refractivity contribution in [3.8, 4) is 0 Å². The Labute approximate surface area is 147 Å². The number of anilines is 2. The number of carbonyl (C=O) groups excluding carboxylic acids is 1. The van der Waals surface area contributed by atoms with E-state index in [0.717, 1.165) is 5.69 Å². The molecule has 0 saturated heterocycles. The minimum absolute atomic E-state index is 0.0507. The standard InChI is InChI=1S/C17H19ClN2O3S/c1-20(2)14-9-7-13(8-10-14)19-17(21)11-12-24(22,23)16-6-4-3-5-15(16)18/h3-10H,11-12H2,1-2H3,(H,19,21). The van der Waals surface area contributed by atoms with Crippen LogP contribution in [0.1, 0.15) is 6.42 Å². The Morgan fingerprint density at radius 1 is 1.08 bits per heavy atom. The fourth-order valence-electron chi connectivity index (χ4n) is 2.10. The van der Waals surface area contributed by atoms with Crippen LogP contribution >= 0.6 is 11.6 Å². The second-order valence-corrected chi connectivity index (χ2v) is 7.97. The monoisotopic (exact) mass is 366 g/mol. The zero-order valence-corrected chi connectivity index (χ0v) is 15.1. The van der Waals surface area contributed by atoms with Gasteiger partial charge in [-0.15, -0.1) is 0 Å². The van der Waals surface area contributed by atoms with Crippen molar-refractivity contribution in [2.24, 2.45) is 0 Å². The van der Waals surface area contributed by atoms with Crippen molar-refractivity contribution < 1.29 is 13.2 Å². The molecule has 0 heterocycles. The Bertz CT molecular complexity index is 818. The molecule has 128 valence electrons. The van der Waals surface area contributed by atoms with Crippen LogP contribution in [0.15, 0.2) is 53.4 Å². The predicted octanol–water partition coefficient (Wildman–Crippen LogP) is 3.21. The van der Waals surface area contributed by atoms with E-state index in [4.69, 9.17) is 11.6 Å². The molecule has 0 aliphatic heterocycles. The second kappa shape index (κ2) is 7.68. The quantitative estimate of drug-likeness (QED) is 0.852. The number of hydrogen-bond donors (Lipinski definition) is 1. The fourth-order valence-corrected chi connectivity index (χ4v) is 3.91. The fraction of sp³-hybridized carbons (Fsp3) is 0.235. The molecule has 0 atom stereocenters. The summed E-state index contributed by atoms with van der Waals surface area (Å²) in [7, 11) is 0.252. The first-order valence-corrected chi connectivity index (χ1v) is 9.37. The zero-order chi connectivity index (χ0) is 17.7. The highest BCUT2D eigenvalue weighted by atomic mass is 35.5. The lowest BCUT2D eigenvalue weighted by atomic mass is 10.2. The summed E-state index contributed by atoms with van der Waals surface area (Å²) in [6.07, 6.45) is -0.136. The Morgan fingerprint density at radius 2 is 1.71 bits per heavy atom. The lowest BCUT2D eigenvalue weighted by Gasteiger charge is -2.13. The summed E-state index contributed by atoms with van der Waals surface area (Å²) in [5, 5.41) is 2.86. The van der Waals surface area contributed by atoms with Gasteiger partial charge in [-0.2, -0.15) is 0 Å². The lowest BCUT2D eigenvalue weighted by Crippen LogP contribution is -2.17. The normalized spacial score (nSPS) is 11.1. The predicted molar refractivity (Wildman–Crippen MR) is 97.5 cm³/mol. The maximum atomic E-state index is 12.3. The van der Waals surface area contributed by atoms with Crippen molar-refractivity contribution in [3.05, 3.63) is 53.6 Å². The molecule has 24 heavy (non-hydrogen) atoms. The van der Waals surface area contributed by atoms with Crippen LogP contribution in [0.25, 0.3) is 0 Å². The van der Waals surface area contributed by atoms with Gasteiger partial charge >= 0.3 is 0 Å². The van der Waals surface area contributed by atoms with Crippen LogP contribution in [-0.2, 0) is 14.6 Å². The maximum Gasteiger partial charge on any atom is 0.225 e. The van der Waals surface area contributed by atoms with Gasteiger partial charge in [-0.25, -0.2) is 8.42 Å². The Kier molecular flexibility index (Phi) is 5.85. The van der Waals surface area contributed by atoms with E-state index in [1.807, 2.05) is 31.1 Å². The number of sulfone groups is 1. The van der Waals surface area contributed by atoms with E-state index >= 15 is 0 Å². The summed E-state index contributed by atoms with van der Waals surface area (Å²) in [4.78, 5) is 14.0. The van der Waals surface area contributed by atoms with Gasteiger partial charge in [-0.1, -0.05) is 23.7 Å². The number of nitrogens with zero attached hydrogens (tertiary/aromatic N) is 1. The molecule has 2 aromatic rings. The average molecular weight is 367 g/mol. The van der Waals surface area contributed by atoms with Crippen molar-refractivity contribution in [1.29, 1.82) is 0 Å². The van der Waals surface area contributed by atoms with E-state index in [1.165, 1.54) is 12.1 Å². The van der Waals surface area contributed by atoms with E-state index in [-0.39, 0.29) is 28.0 Å². The summed E-state index contributed by atoms with van der Waals surface area (Å²) in [5.41, 5.74) is 1.63. The molecule has 0 aliphatic carbocycles. The van der Waals surface area contributed by atoms with Crippen molar-refractivity contribution >= 4 is 38.7 Å². The molecule has 2 aromatic carbocycles. The molecular formula is C17H19ClN2O3S. The van der Waals surface area contributed by atoms with E-state index in [9.17, 15) is 13.2 Å². The average Bonchev–Trinajstić information content (AvgIpc) is 2.54. The number of rotatable bonds is 6. The van der Waals surface area contributed by atoms with Crippen LogP contribution < -0.4 is 10.2 Å². The van der Waals surface area contributed by atoms with E-state index < -0.39 is 9.84 Å². The van der Waals surface area contributed by atoms with E-state index in [1.54, 1.807) is 24.3 Å². The van der Waals surface area contributed by atoms with Crippen molar-refractivity contribution in [2.45, 2.75) is 11.3 Å². The third-order valence-corrected chi connectivity index (χ3v) is 5.65. The van der Waals surface area contributed by atoms with Gasteiger partial charge in [-0.05, 0) is 36.4 Å². The van der Waals surface area contributed by atoms with Crippen LogP contribution in [-0.4, -0.2) is 34.2 Å². The van der Waals surface area contributed by atoms with Crippen molar-refractivity contribution in [2.75, 3.05) is 30.1 Å². The smallest absolute Gasteiger partial charge is 0.225 e. The number of halogens is 1. The van der Waals surface area contributed by atoms with E-state index in [0.29, 0.717) is 5.69 Å². The summed E-state index contributed by atoms with van der Waals surface area (Å²) < 4.78 is 24.5. The zero-order valence-electron chi connectivity index (χ0n) is 13.5. The minimum atomic E-state index is -3.60. The van der Waals surface area contributed by atoms with Gasteiger partial charge in [0, 0.05) is 31.9 Å². The molecule has 1 N–H and O–H groups in total. The highest BCUT2D eigenvalue weighted by molar-refractivity contribution is 7.91. The largest absolute Gasteiger partial charge is 0.378 e. The Hall–Kier alpha value is -2.05.